The quantitative estimate of drug-likeness (QED) is 0.626. The van der Waals surface area contributed by atoms with Gasteiger partial charge in [-0.25, -0.2) is 0 Å². The summed E-state index contributed by atoms with van der Waals surface area (Å²) in [5.74, 6) is -0.264. The third-order valence-electron chi connectivity index (χ3n) is 3.42. The highest BCUT2D eigenvalue weighted by atomic mass is 35.5. The molecule has 0 bridgehead atoms. The second-order valence-electron chi connectivity index (χ2n) is 4.76. The van der Waals surface area contributed by atoms with Crippen molar-refractivity contribution in [3.05, 3.63) is 62.2 Å². The number of nitrogens with zero attached hydrogens (tertiary/aromatic N) is 2. The van der Waals surface area contributed by atoms with Crippen molar-refractivity contribution < 1.29 is 0 Å². The highest BCUT2D eigenvalue weighted by Gasteiger charge is 2.32. The first kappa shape index (κ1) is 14.0. The number of aromatic amines is 1. The molecule has 1 aromatic heterocycles. The fraction of sp³-hybridized carbons (Fsp3) is 0.0714. The summed E-state index contributed by atoms with van der Waals surface area (Å²) < 4.78 is 0. The molecule has 1 aliphatic rings. The van der Waals surface area contributed by atoms with Crippen molar-refractivity contribution in [2.75, 3.05) is 11.1 Å². The second kappa shape index (κ2) is 5.09. The van der Waals surface area contributed by atoms with Crippen molar-refractivity contribution in [2.45, 2.75) is 5.92 Å². The molecule has 110 valence electrons. The number of nitriles is 1. The summed E-state index contributed by atoms with van der Waals surface area (Å²) in [5, 5.41) is 12.7. The van der Waals surface area contributed by atoms with Gasteiger partial charge in [0.05, 0.1) is 23.1 Å². The van der Waals surface area contributed by atoms with Gasteiger partial charge in [0.1, 0.15) is 11.6 Å². The van der Waals surface area contributed by atoms with Crippen molar-refractivity contribution in [1.29, 1.82) is 5.26 Å². The minimum atomic E-state index is -0.629. The Kier molecular flexibility index (Phi) is 3.23. The Labute approximate surface area is 130 Å². The molecule has 8 heteroatoms. The van der Waals surface area contributed by atoms with Crippen LogP contribution >= 0.6 is 11.6 Å². The first-order chi connectivity index (χ1) is 10.5. The largest absolute Gasteiger partial charge is 0.384 e. The Morgan fingerprint density at radius 3 is 2.59 bits per heavy atom. The summed E-state index contributed by atoms with van der Waals surface area (Å²) in [4.78, 5) is 18.8. The normalized spacial score (nSPS) is 16.6. The number of fused-ring (bicyclic) bond motifs is 1. The molecule has 0 saturated carbocycles. The first-order valence-electron chi connectivity index (χ1n) is 6.33. The Hall–Kier alpha value is -2.98. The van der Waals surface area contributed by atoms with Gasteiger partial charge < -0.3 is 16.8 Å². The lowest BCUT2D eigenvalue weighted by molar-refractivity contribution is 0.884. The molecule has 1 aromatic carbocycles. The van der Waals surface area contributed by atoms with E-state index in [9.17, 15) is 10.1 Å². The molecule has 1 unspecified atom stereocenters. The smallest absolute Gasteiger partial charge is 0.258 e. The molecule has 3 rings (SSSR count). The number of anilines is 2. The van der Waals surface area contributed by atoms with Crippen molar-refractivity contribution in [1.82, 2.24) is 9.97 Å². The third kappa shape index (κ3) is 2.16. The number of hydrogen-bond donors (Lipinski definition) is 4. The van der Waals surface area contributed by atoms with Gasteiger partial charge in [-0.15, -0.1) is 0 Å². The minimum Gasteiger partial charge on any atom is -0.384 e. The minimum absolute atomic E-state index is 0.0284. The van der Waals surface area contributed by atoms with E-state index in [1.807, 2.05) is 6.07 Å². The van der Waals surface area contributed by atoms with E-state index in [1.165, 1.54) is 0 Å². The van der Waals surface area contributed by atoms with Gasteiger partial charge in [0.2, 0.25) is 5.95 Å². The molecule has 1 aliphatic heterocycles. The van der Waals surface area contributed by atoms with Crippen molar-refractivity contribution in [3.8, 4) is 6.07 Å². The molecule has 1 atom stereocenters. The van der Waals surface area contributed by atoms with Crippen LogP contribution in [-0.2, 0) is 0 Å². The van der Waals surface area contributed by atoms with E-state index in [2.05, 4.69) is 15.3 Å². The van der Waals surface area contributed by atoms with Gasteiger partial charge in [-0.2, -0.15) is 10.2 Å². The number of nitrogens with two attached hydrogens (primary N) is 2. The number of benzene rings is 1. The van der Waals surface area contributed by atoms with Gasteiger partial charge in [-0.1, -0.05) is 23.7 Å². The Morgan fingerprint density at radius 1 is 1.27 bits per heavy atom. The van der Waals surface area contributed by atoms with Crippen LogP contribution in [0.15, 0.2) is 40.5 Å². The number of rotatable bonds is 1. The van der Waals surface area contributed by atoms with Gasteiger partial charge in [0.25, 0.3) is 5.56 Å². The lowest BCUT2D eigenvalue weighted by Crippen LogP contribution is -2.30. The Morgan fingerprint density at radius 2 is 1.95 bits per heavy atom. The predicted octanol–water partition coefficient (Wildman–Crippen LogP) is 1.26. The average Bonchev–Trinajstić information content (AvgIpc) is 2.46. The number of nitrogens with one attached hydrogen (secondary N) is 2. The summed E-state index contributed by atoms with van der Waals surface area (Å²) in [7, 11) is 0. The molecule has 2 aromatic rings. The fourth-order valence-corrected chi connectivity index (χ4v) is 2.60. The second-order valence-corrected chi connectivity index (χ2v) is 5.20. The van der Waals surface area contributed by atoms with E-state index in [1.54, 1.807) is 24.3 Å². The highest BCUT2D eigenvalue weighted by molar-refractivity contribution is 6.30. The molecule has 0 amide bonds. The molecule has 0 aliphatic carbocycles. The van der Waals surface area contributed by atoms with Gasteiger partial charge in [-0.3, -0.25) is 9.78 Å². The average molecular weight is 315 g/mol. The molecular formula is C14H11ClN6O. The van der Waals surface area contributed by atoms with E-state index in [4.69, 9.17) is 23.1 Å². The van der Waals surface area contributed by atoms with Crippen LogP contribution in [-0.4, -0.2) is 9.97 Å². The number of allylic oxidation sites excluding steroid dienone is 1. The molecule has 7 nitrogen and oxygen atoms in total. The van der Waals surface area contributed by atoms with Crippen LogP contribution in [0.4, 0.5) is 11.8 Å². The number of aromatic nitrogens is 2. The zero-order valence-electron chi connectivity index (χ0n) is 11.2. The van der Waals surface area contributed by atoms with Gasteiger partial charge in [-0.05, 0) is 17.7 Å². The van der Waals surface area contributed by atoms with E-state index >= 15 is 0 Å². The van der Waals surface area contributed by atoms with Crippen molar-refractivity contribution in [2.24, 2.45) is 5.73 Å². The van der Waals surface area contributed by atoms with Crippen LogP contribution in [0.5, 0.6) is 0 Å². The summed E-state index contributed by atoms with van der Waals surface area (Å²) in [5.41, 5.74) is 12.3. The van der Waals surface area contributed by atoms with Crippen LogP contribution in [0.2, 0.25) is 5.02 Å². The molecule has 0 fully saturated rings. The molecule has 0 saturated heterocycles. The van der Waals surface area contributed by atoms with Crippen LogP contribution in [0, 0.1) is 11.3 Å². The molecule has 0 spiro atoms. The Bertz CT molecular complexity index is 878. The van der Waals surface area contributed by atoms with E-state index in [0.29, 0.717) is 16.1 Å². The summed E-state index contributed by atoms with van der Waals surface area (Å²) >= 11 is 5.89. The molecular weight excluding hydrogens is 304 g/mol. The first-order valence-corrected chi connectivity index (χ1v) is 6.71. The van der Waals surface area contributed by atoms with E-state index in [0.717, 1.165) is 0 Å². The Balaban J connectivity index is 2.29. The molecule has 2 heterocycles. The summed E-state index contributed by atoms with van der Waals surface area (Å²) in [6.45, 7) is 0. The molecule has 0 radical (unpaired) electrons. The van der Waals surface area contributed by atoms with Gasteiger partial charge in [0, 0.05) is 5.02 Å². The highest BCUT2D eigenvalue weighted by Crippen LogP contribution is 2.37. The lowest BCUT2D eigenvalue weighted by atomic mass is 9.84. The summed E-state index contributed by atoms with van der Waals surface area (Å²) in [6.07, 6.45) is 0. The summed E-state index contributed by atoms with van der Waals surface area (Å²) in [6, 6.07) is 8.89. The number of hydrogen-bond acceptors (Lipinski definition) is 6. The van der Waals surface area contributed by atoms with Gasteiger partial charge in [0.15, 0.2) is 0 Å². The van der Waals surface area contributed by atoms with Crippen LogP contribution < -0.4 is 22.3 Å². The number of nitrogen functional groups attached to an aromatic ring is 1. The van der Waals surface area contributed by atoms with Crippen molar-refractivity contribution in [3.63, 3.8) is 0 Å². The SMILES string of the molecule is N#CC1=C(N)Nc2nc(N)[nH]c(=O)c2C1c1ccc(Cl)cc1. The maximum Gasteiger partial charge on any atom is 0.258 e. The van der Waals surface area contributed by atoms with Crippen LogP contribution in [0.25, 0.3) is 0 Å². The number of H-pyrrole nitrogens is 1. The van der Waals surface area contributed by atoms with E-state index < -0.39 is 11.5 Å². The zero-order valence-corrected chi connectivity index (χ0v) is 12.0. The van der Waals surface area contributed by atoms with E-state index in [-0.39, 0.29) is 23.2 Å². The third-order valence-corrected chi connectivity index (χ3v) is 3.67. The molecule has 22 heavy (non-hydrogen) atoms. The topological polar surface area (TPSA) is 134 Å². The lowest BCUT2D eigenvalue weighted by Gasteiger charge is -2.25. The maximum absolute atomic E-state index is 12.3. The van der Waals surface area contributed by atoms with Crippen molar-refractivity contribution >= 4 is 23.4 Å². The van der Waals surface area contributed by atoms with Crippen LogP contribution in [0.1, 0.15) is 17.0 Å². The predicted molar refractivity (Wildman–Crippen MR) is 83.0 cm³/mol. The zero-order chi connectivity index (χ0) is 15.9. The van der Waals surface area contributed by atoms with Crippen LogP contribution in [0.3, 0.4) is 0 Å². The fourth-order valence-electron chi connectivity index (χ4n) is 2.47. The maximum atomic E-state index is 12.3. The molecule has 6 N–H and O–H groups in total. The monoisotopic (exact) mass is 314 g/mol. The van der Waals surface area contributed by atoms with Gasteiger partial charge >= 0.3 is 0 Å². The number of halogens is 1. The standard InChI is InChI=1S/C14H11ClN6O/c15-7-3-1-6(2-4-7)9-8(5-16)11(17)19-12-10(9)13(22)21-14(18)20-12/h1-4,9H,17H2,(H4,18,19,20,21,22).